The van der Waals surface area contributed by atoms with Crippen LogP contribution in [0.1, 0.15) is 35.7 Å². The van der Waals surface area contributed by atoms with Gasteiger partial charge in [0.25, 0.3) is 5.91 Å². The molecule has 6 nitrogen and oxygen atoms in total. The molecule has 6 heteroatoms. The Morgan fingerprint density at radius 2 is 2.00 bits per heavy atom. The number of likely N-dealkylation sites (N-methyl/N-ethyl adjacent to an activating group) is 1. The van der Waals surface area contributed by atoms with Gasteiger partial charge in [-0.25, -0.2) is 0 Å². The first-order valence-corrected chi connectivity index (χ1v) is 7.90. The first-order valence-electron chi connectivity index (χ1n) is 7.90. The zero-order valence-corrected chi connectivity index (χ0v) is 13.4. The molecule has 1 fully saturated rings. The van der Waals surface area contributed by atoms with Crippen LogP contribution in [-0.4, -0.2) is 54.3 Å². The van der Waals surface area contributed by atoms with E-state index >= 15 is 0 Å². The zero-order chi connectivity index (χ0) is 16.7. The lowest BCUT2D eigenvalue weighted by Gasteiger charge is -2.24. The quantitative estimate of drug-likeness (QED) is 0.830. The molecule has 0 unspecified atom stereocenters. The van der Waals surface area contributed by atoms with Gasteiger partial charge in [0.05, 0.1) is 12.7 Å². The second-order valence-electron chi connectivity index (χ2n) is 5.49. The van der Waals surface area contributed by atoms with Crippen LogP contribution in [0.5, 0.6) is 0 Å². The third-order valence-corrected chi connectivity index (χ3v) is 3.89. The van der Waals surface area contributed by atoms with E-state index in [9.17, 15) is 9.59 Å². The van der Waals surface area contributed by atoms with Crippen molar-refractivity contribution in [2.45, 2.75) is 32.5 Å². The van der Waals surface area contributed by atoms with Crippen molar-refractivity contribution in [1.29, 1.82) is 0 Å². The molecule has 0 saturated carbocycles. The van der Waals surface area contributed by atoms with Crippen LogP contribution in [-0.2, 0) is 20.9 Å². The van der Waals surface area contributed by atoms with Gasteiger partial charge in [0.1, 0.15) is 6.54 Å². The molecule has 1 heterocycles. The number of hydrogen-bond acceptors (Lipinski definition) is 4. The highest BCUT2D eigenvalue weighted by atomic mass is 16.5. The van der Waals surface area contributed by atoms with Gasteiger partial charge in [-0.1, -0.05) is 18.2 Å². The van der Waals surface area contributed by atoms with Crippen molar-refractivity contribution in [1.82, 2.24) is 4.90 Å². The maximum atomic E-state index is 12.6. The Hall–Kier alpha value is -1.92. The van der Waals surface area contributed by atoms with Crippen molar-refractivity contribution in [3.05, 3.63) is 35.4 Å². The molecule has 1 saturated heterocycles. The van der Waals surface area contributed by atoms with Gasteiger partial charge >= 0.3 is 5.97 Å². The number of aliphatic carboxylic acids is 1. The molecule has 1 aliphatic heterocycles. The van der Waals surface area contributed by atoms with Crippen LogP contribution in [0.4, 0.5) is 0 Å². The van der Waals surface area contributed by atoms with E-state index in [1.807, 2.05) is 12.1 Å². The molecule has 126 valence electrons. The first-order chi connectivity index (χ1) is 11.1. The second-order valence-corrected chi connectivity index (χ2v) is 5.49. The molecule has 1 aromatic rings. The lowest BCUT2D eigenvalue weighted by molar-refractivity contribution is -0.137. The lowest BCUT2D eigenvalue weighted by Crippen LogP contribution is -2.36. The van der Waals surface area contributed by atoms with Crippen molar-refractivity contribution >= 4 is 11.9 Å². The fourth-order valence-corrected chi connectivity index (χ4v) is 2.57. The topological polar surface area (TPSA) is 76.1 Å². The highest BCUT2D eigenvalue weighted by Crippen LogP contribution is 2.17. The Morgan fingerprint density at radius 1 is 1.30 bits per heavy atom. The fraction of sp³-hybridized carbons (Fsp3) is 0.529. The highest BCUT2D eigenvalue weighted by molar-refractivity contribution is 5.97. The van der Waals surface area contributed by atoms with E-state index in [4.69, 9.17) is 14.6 Å². The third-order valence-electron chi connectivity index (χ3n) is 3.89. The summed E-state index contributed by atoms with van der Waals surface area (Å²) >= 11 is 0. The first kappa shape index (κ1) is 17.4. The Kier molecular flexibility index (Phi) is 6.55. The summed E-state index contributed by atoms with van der Waals surface area (Å²) in [5.74, 6) is -1.29. The van der Waals surface area contributed by atoms with E-state index in [0.717, 1.165) is 18.4 Å². The number of ether oxygens (including phenoxy) is 2. The number of carboxylic acids is 1. The summed E-state index contributed by atoms with van der Waals surface area (Å²) in [6.45, 7) is 3.56. The molecular formula is C17H23NO5. The summed E-state index contributed by atoms with van der Waals surface area (Å²) in [5, 5.41) is 8.92. The number of nitrogens with zero attached hydrogens (tertiary/aromatic N) is 1. The number of hydrogen-bond donors (Lipinski definition) is 1. The molecule has 0 radical (unpaired) electrons. The van der Waals surface area contributed by atoms with Gasteiger partial charge in [-0.3, -0.25) is 9.59 Å². The zero-order valence-electron chi connectivity index (χ0n) is 13.4. The van der Waals surface area contributed by atoms with Crippen molar-refractivity contribution in [3.8, 4) is 0 Å². The molecule has 0 bridgehead atoms. The number of carboxylic acid groups (broad SMARTS) is 1. The average molecular weight is 321 g/mol. The normalized spacial score (nSPS) is 15.3. The monoisotopic (exact) mass is 321 g/mol. The SMILES string of the molecule is CCN(CC(=O)O)C(=O)c1ccccc1COC1CCOCC1. The summed E-state index contributed by atoms with van der Waals surface area (Å²) in [6, 6.07) is 7.20. The van der Waals surface area contributed by atoms with Crippen molar-refractivity contribution < 1.29 is 24.2 Å². The van der Waals surface area contributed by atoms with Crippen molar-refractivity contribution in [2.75, 3.05) is 26.3 Å². The largest absolute Gasteiger partial charge is 0.480 e. The summed E-state index contributed by atoms with van der Waals surface area (Å²) in [4.78, 5) is 24.8. The Balaban J connectivity index is 2.06. The second kappa shape index (κ2) is 8.64. The smallest absolute Gasteiger partial charge is 0.323 e. The van der Waals surface area contributed by atoms with Crippen molar-refractivity contribution in [3.63, 3.8) is 0 Å². The lowest BCUT2D eigenvalue weighted by atomic mass is 10.1. The van der Waals surface area contributed by atoms with Crippen LogP contribution < -0.4 is 0 Å². The van der Waals surface area contributed by atoms with Crippen LogP contribution in [0.3, 0.4) is 0 Å². The molecule has 0 atom stereocenters. The van der Waals surface area contributed by atoms with Gasteiger partial charge < -0.3 is 19.5 Å². The summed E-state index contributed by atoms with van der Waals surface area (Å²) in [6.07, 6.45) is 1.86. The maximum Gasteiger partial charge on any atom is 0.323 e. The molecule has 1 amide bonds. The van der Waals surface area contributed by atoms with Gasteiger partial charge in [-0.15, -0.1) is 0 Å². The van der Waals surface area contributed by atoms with Crippen LogP contribution in [0, 0.1) is 0 Å². The molecule has 0 spiro atoms. The fourth-order valence-electron chi connectivity index (χ4n) is 2.57. The minimum absolute atomic E-state index is 0.146. The predicted molar refractivity (Wildman–Crippen MR) is 84.3 cm³/mol. The van der Waals surface area contributed by atoms with E-state index in [0.29, 0.717) is 31.9 Å². The van der Waals surface area contributed by atoms with Gasteiger partial charge in [-0.05, 0) is 31.4 Å². The molecule has 1 aliphatic rings. The van der Waals surface area contributed by atoms with Crippen LogP contribution in [0.25, 0.3) is 0 Å². The van der Waals surface area contributed by atoms with E-state index in [-0.39, 0.29) is 18.6 Å². The standard InChI is InChI=1S/C17H23NO5/c1-2-18(11-16(19)20)17(21)15-6-4-3-5-13(15)12-23-14-7-9-22-10-8-14/h3-6,14H,2,7-12H2,1H3,(H,19,20). The Morgan fingerprint density at radius 3 is 2.65 bits per heavy atom. The van der Waals surface area contributed by atoms with Crippen LogP contribution in [0.15, 0.2) is 24.3 Å². The minimum atomic E-state index is -1.02. The van der Waals surface area contributed by atoms with E-state index < -0.39 is 5.97 Å². The molecular weight excluding hydrogens is 298 g/mol. The molecule has 2 rings (SSSR count). The number of carbonyl (C=O) groups is 2. The van der Waals surface area contributed by atoms with Gasteiger partial charge in [0, 0.05) is 25.3 Å². The van der Waals surface area contributed by atoms with Crippen LogP contribution >= 0.6 is 0 Å². The minimum Gasteiger partial charge on any atom is -0.480 e. The molecule has 1 aromatic carbocycles. The summed E-state index contributed by atoms with van der Waals surface area (Å²) in [7, 11) is 0. The number of carbonyl (C=O) groups excluding carboxylic acids is 1. The molecule has 23 heavy (non-hydrogen) atoms. The number of benzene rings is 1. The average Bonchev–Trinajstić information content (AvgIpc) is 2.58. The van der Waals surface area contributed by atoms with Gasteiger partial charge in [0.2, 0.25) is 0 Å². The van der Waals surface area contributed by atoms with Crippen LogP contribution in [0.2, 0.25) is 0 Å². The molecule has 0 aromatic heterocycles. The third kappa shape index (κ3) is 5.04. The molecule has 1 N–H and O–H groups in total. The molecule has 0 aliphatic carbocycles. The van der Waals surface area contributed by atoms with Gasteiger partial charge in [-0.2, -0.15) is 0 Å². The van der Waals surface area contributed by atoms with Gasteiger partial charge in [0.15, 0.2) is 0 Å². The number of rotatable bonds is 7. The predicted octanol–water partition coefficient (Wildman–Crippen LogP) is 1.93. The summed E-state index contributed by atoms with van der Waals surface area (Å²) < 4.78 is 11.2. The Labute approximate surface area is 136 Å². The summed E-state index contributed by atoms with van der Waals surface area (Å²) in [5.41, 5.74) is 1.29. The van der Waals surface area contributed by atoms with Crippen molar-refractivity contribution in [2.24, 2.45) is 0 Å². The maximum absolute atomic E-state index is 12.6. The number of amides is 1. The van der Waals surface area contributed by atoms with E-state index in [2.05, 4.69) is 0 Å². The van der Waals surface area contributed by atoms with E-state index in [1.54, 1.807) is 19.1 Å². The highest BCUT2D eigenvalue weighted by Gasteiger charge is 2.20. The Bertz CT molecular complexity index is 540. The van der Waals surface area contributed by atoms with E-state index in [1.165, 1.54) is 4.90 Å².